The van der Waals surface area contributed by atoms with Crippen molar-refractivity contribution >= 4 is 0 Å². The van der Waals surface area contributed by atoms with Crippen molar-refractivity contribution in [3.8, 4) is 5.75 Å². The summed E-state index contributed by atoms with van der Waals surface area (Å²) < 4.78 is 7.56. The fourth-order valence-electron chi connectivity index (χ4n) is 1.58. The molecule has 1 aromatic rings. The first-order valence-electron chi connectivity index (χ1n) is 6.61. The average Bonchev–Trinajstić information content (AvgIpc) is 2.71. The van der Waals surface area contributed by atoms with E-state index in [1.807, 2.05) is 10.9 Å². The lowest BCUT2D eigenvalue weighted by molar-refractivity contribution is 0.304. The maximum absolute atomic E-state index is 5.63. The number of unbranched alkanes of at least 4 members (excludes halogenated alkanes) is 1. The second-order valence-electron chi connectivity index (χ2n) is 4.60. The van der Waals surface area contributed by atoms with E-state index in [2.05, 4.69) is 31.2 Å². The fourth-order valence-corrected chi connectivity index (χ4v) is 1.58. The van der Waals surface area contributed by atoms with Crippen molar-refractivity contribution in [2.75, 3.05) is 13.2 Å². The predicted octanol–water partition coefficient (Wildman–Crippen LogP) is 2.45. The third-order valence-corrected chi connectivity index (χ3v) is 2.45. The molecule has 1 aromatic heterocycles. The van der Waals surface area contributed by atoms with Crippen molar-refractivity contribution in [2.45, 2.75) is 52.6 Å². The first kappa shape index (κ1) is 14.0. The van der Waals surface area contributed by atoms with E-state index in [0.29, 0.717) is 6.04 Å². The van der Waals surface area contributed by atoms with E-state index in [0.717, 1.165) is 44.7 Å². The molecule has 0 radical (unpaired) electrons. The first-order chi connectivity index (χ1) is 8.22. The second kappa shape index (κ2) is 8.12. The molecule has 0 amide bonds. The van der Waals surface area contributed by atoms with Crippen LogP contribution < -0.4 is 10.1 Å². The number of nitrogens with zero attached hydrogens (tertiary/aromatic N) is 2. The van der Waals surface area contributed by atoms with Crippen molar-refractivity contribution < 1.29 is 4.74 Å². The van der Waals surface area contributed by atoms with Gasteiger partial charge in [0.25, 0.3) is 0 Å². The normalized spacial score (nSPS) is 11.1. The van der Waals surface area contributed by atoms with Crippen molar-refractivity contribution in [1.82, 2.24) is 15.1 Å². The van der Waals surface area contributed by atoms with Crippen molar-refractivity contribution in [1.29, 1.82) is 0 Å². The Hall–Kier alpha value is -1.03. The highest BCUT2D eigenvalue weighted by Gasteiger charge is 1.98. The zero-order valence-corrected chi connectivity index (χ0v) is 11.3. The van der Waals surface area contributed by atoms with E-state index in [1.165, 1.54) is 0 Å². The summed E-state index contributed by atoms with van der Waals surface area (Å²) in [4.78, 5) is 0. The molecule has 4 heteroatoms. The van der Waals surface area contributed by atoms with Gasteiger partial charge in [0.1, 0.15) is 0 Å². The number of aromatic nitrogens is 2. The minimum absolute atomic E-state index is 0.572. The van der Waals surface area contributed by atoms with E-state index in [9.17, 15) is 0 Å². The topological polar surface area (TPSA) is 39.1 Å². The molecule has 4 nitrogen and oxygen atoms in total. The summed E-state index contributed by atoms with van der Waals surface area (Å²) in [5, 5.41) is 7.62. The van der Waals surface area contributed by atoms with Gasteiger partial charge in [-0.25, -0.2) is 0 Å². The Morgan fingerprint density at radius 3 is 2.94 bits per heavy atom. The monoisotopic (exact) mass is 239 g/mol. The Kier molecular flexibility index (Phi) is 6.70. The lowest BCUT2D eigenvalue weighted by Gasteiger charge is -2.07. The van der Waals surface area contributed by atoms with Crippen LogP contribution in [0.1, 0.15) is 40.0 Å². The molecule has 0 saturated carbocycles. The van der Waals surface area contributed by atoms with Crippen LogP contribution in [0.2, 0.25) is 0 Å². The first-order valence-corrected chi connectivity index (χ1v) is 6.61. The van der Waals surface area contributed by atoms with Gasteiger partial charge in [0.2, 0.25) is 0 Å². The number of hydrogen-bond acceptors (Lipinski definition) is 3. The summed E-state index contributed by atoms with van der Waals surface area (Å²) in [6.45, 7) is 9.27. The molecule has 98 valence electrons. The molecule has 0 aliphatic carbocycles. The Bertz CT molecular complexity index is 297. The quantitative estimate of drug-likeness (QED) is 0.673. The van der Waals surface area contributed by atoms with Crippen LogP contribution in [0.5, 0.6) is 5.75 Å². The number of aryl methyl sites for hydroxylation is 1. The number of ether oxygens (including phenoxy) is 1. The molecule has 0 atom stereocenters. The SMILES string of the molecule is CCCn1cc(OCCCCNC(C)C)cn1. The van der Waals surface area contributed by atoms with Crippen LogP contribution in [-0.4, -0.2) is 29.0 Å². The van der Waals surface area contributed by atoms with Crippen LogP contribution in [-0.2, 0) is 6.54 Å². The van der Waals surface area contributed by atoms with Crippen LogP contribution in [0.25, 0.3) is 0 Å². The molecule has 1 rings (SSSR count). The van der Waals surface area contributed by atoms with Crippen LogP contribution in [0.15, 0.2) is 12.4 Å². The summed E-state index contributed by atoms with van der Waals surface area (Å²) in [5.41, 5.74) is 0. The van der Waals surface area contributed by atoms with Gasteiger partial charge < -0.3 is 10.1 Å². The van der Waals surface area contributed by atoms with Crippen molar-refractivity contribution in [2.24, 2.45) is 0 Å². The summed E-state index contributed by atoms with van der Waals surface area (Å²) in [6.07, 6.45) is 7.10. The maximum Gasteiger partial charge on any atom is 0.157 e. The summed E-state index contributed by atoms with van der Waals surface area (Å²) >= 11 is 0. The Labute approximate surface area is 104 Å². The second-order valence-corrected chi connectivity index (χ2v) is 4.60. The summed E-state index contributed by atoms with van der Waals surface area (Å²) in [5.74, 6) is 0.885. The lowest BCUT2D eigenvalue weighted by Crippen LogP contribution is -2.23. The zero-order chi connectivity index (χ0) is 12.5. The van der Waals surface area contributed by atoms with Gasteiger partial charge in [-0.05, 0) is 25.8 Å². The average molecular weight is 239 g/mol. The standard InChI is InChI=1S/C13H25N3O/c1-4-8-16-11-13(10-15-16)17-9-6-5-7-14-12(2)3/h10-12,14H,4-9H2,1-3H3. The minimum atomic E-state index is 0.572. The van der Waals surface area contributed by atoms with Crippen LogP contribution >= 0.6 is 0 Å². The Balaban J connectivity index is 2.05. The molecule has 0 aromatic carbocycles. The highest BCUT2D eigenvalue weighted by atomic mass is 16.5. The van der Waals surface area contributed by atoms with Crippen LogP contribution in [0.3, 0.4) is 0 Å². The lowest BCUT2D eigenvalue weighted by atomic mass is 10.3. The largest absolute Gasteiger partial charge is 0.490 e. The molecule has 0 unspecified atom stereocenters. The van der Waals surface area contributed by atoms with E-state index in [4.69, 9.17) is 4.74 Å². The molecule has 0 aliphatic heterocycles. The molecule has 0 bridgehead atoms. The molecule has 0 fully saturated rings. The molecule has 1 heterocycles. The molecule has 0 aliphatic rings. The van der Waals surface area contributed by atoms with Gasteiger partial charge in [0, 0.05) is 12.6 Å². The Morgan fingerprint density at radius 1 is 1.41 bits per heavy atom. The maximum atomic E-state index is 5.63. The number of rotatable bonds is 9. The van der Waals surface area contributed by atoms with E-state index in [1.54, 1.807) is 6.20 Å². The molecule has 1 N–H and O–H groups in total. The molecule has 17 heavy (non-hydrogen) atoms. The van der Waals surface area contributed by atoms with Crippen molar-refractivity contribution in [3.63, 3.8) is 0 Å². The van der Waals surface area contributed by atoms with E-state index >= 15 is 0 Å². The van der Waals surface area contributed by atoms with Gasteiger partial charge in [-0.15, -0.1) is 0 Å². The highest BCUT2D eigenvalue weighted by molar-refractivity contribution is 5.11. The zero-order valence-electron chi connectivity index (χ0n) is 11.3. The van der Waals surface area contributed by atoms with Gasteiger partial charge in [-0.3, -0.25) is 4.68 Å². The van der Waals surface area contributed by atoms with Gasteiger partial charge in [-0.2, -0.15) is 5.10 Å². The highest BCUT2D eigenvalue weighted by Crippen LogP contribution is 2.09. The molecule has 0 saturated heterocycles. The van der Waals surface area contributed by atoms with Gasteiger partial charge in [0.05, 0.1) is 19.0 Å². The van der Waals surface area contributed by atoms with Gasteiger partial charge >= 0.3 is 0 Å². The van der Waals surface area contributed by atoms with Crippen molar-refractivity contribution in [3.05, 3.63) is 12.4 Å². The summed E-state index contributed by atoms with van der Waals surface area (Å²) in [7, 11) is 0. The molecular weight excluding hydrogens is 214 g/mol. The fraction of sp³-hybridized carbons (Fsp3) is 0.769. The number of nitrogens with one attached hydrogen (secondary N) is 1. The molecular formula is C13H25N3O. The van der Waals surface area contributed by atoms with Gasteiger partial charge in [0.15, 0.2) is 5.75 Å². The minimum Gasteiger partial charge on any atom is -0.490 e. The smallest absolute Gasteiger partial charge is 0.157 e. The van der Waals surface area contributed by atoms with Gasteiger partial charge in [-0.1, -0.05) is 20.8 Å². The Morgan fingerprint density at radius 2 is 2.24 bits per heavy atom. The third kappa shape index (κ3) is 6.31. The predicted molar refractivity (Wildman–Crippen MR) is 70.4 cm³/mol. The summed E-state index contributed by atoms with van der Waals surface area (Å²) in [6, 6.07) is 0.572. The third-order valence-electron chi connectivity index (χ3n) is 2.45. The van der Waals surface area contributed by atoms with E-state index in [-0.39, 0.29) is 0 Å². The van der Waals surface area contributed by atoms with Crippen LogP contribution in [0.4, 0.5) is 0 Å². The number of hydrogen-bond donors (Lipinski definition) is 1. The van der Waals surface area contributed by atoms with Crippen LogP contribution in [0, 0.1) is 0 Å². The van der Waals surface area contributed by atoms with E-state index < -0.39 is 0 Å². The molecule has 0 spiro atoms.